The van der Waals surface area contributed by atoms with E-state index in [-0.39, 0.29) is 5.91 Å². The number of halogens is 1. The minimum absolute atomic E-state index is 0.276. The fraction of sp³-hybridized carbons (Fsp3) is 0.105. The highest BCUT2D eigenvalue weighted by molar-refractivity contribution is 7.10. The van der Waals surface area contributed by atoms with E-state index in [0.717, 1.165) is 9.75 Å². The van der Waals surface area contributed by atoms with E-state index in [4.69, 9.17) is 11.6 Å². The van der Waals surface area contributed by atoms with E-state index < -0.39 is 0 Å². The quantitative estimate of drug-likeness (QED) is 0.434. The van der Waals surface area contributed by atoms with Gasteiger partial charge in [-0.25, -0.2) is 0 Å². The third kappa shape index (κ3) is 4.41. The number of carbonyl (C=O) groups is 1. The van der Waals surface area contributed by atoms with Crippen molar-refractivity contribution in [3.05, 3.63) is 79.6 Å². The Bertz CT molecular complexity index is 1040. The molecular weight excluding hydrogens is 414 g/mol. The lowest BCUT2D eigenvalue weighted by Crippen LogP contribution is -2.17. The van der Waals surface area contributed by atoms with Crippen LogP contribution < -0.4 is 10.6 Å². The molecule has 4 rings (SSSR count). The van der Waals surface area contributed by atoms with Gasteiger partial charge >= 0.3 is 0 Å². The van der Waals surface area contributed by atoms with Crippen LogP contribution in [0.2, 0.25) is 5.02 Å². The Balaban J connectivity index is 1.57. The molecular formula is C19H16ClN5OS2. The molecule has 28 heavy (non-hydrogen) atoms. The third-order valence-electron chi connectivity index (χ3n) is 3.89. The molecule has 0 aliphatic heterocycles. The van der Waals surface area contributed by atoms with E-state index in [2.05, 4.69) is 20.7 Å². The van der Waals surface area contributed by atoms with E-state index >= 15 is 0 Å². The van der Waals surface area contributed by atoms with Crippen molar-refractivity contribution >= 4 is 52.1 Å². The number of anilines is 2. The fourth-order valence-corrected chi connectivity index (χ4v) is 3.93. The zero-order valence-corrected chi connectivity index (χ0v) is 17.0. The topological polar surface area (TPSA) is 71.8 Å². The number of rotatable bonds is 7. The van der Waals surface area contributed by atoms with Crippen LogP contribution in [0.1, 0.15) is 20.1 Å². The van der Waals surface area contributed by atoms with Crippen molar-refractivity contribution in [1.82, 2.24) is 14.8 Å². The Kier molecular flexibility index (Phi) is 5.70. The first kappa shape index (κ1) is 18.7. The molecule has 0 saturated carbocycles. The highest BCUT2D eigenvalue weighted by atomic mass is 35.5. The molecule has 0 bridgehead atoms. The zero-order valence-electron chi connectivity index (χ0n) is 14.6. The maximum Gasteiger partial charge on any atom is 0.281 e. The summed E-state index contributed by atoms with van der Waals surface area (Å²) in [7, 11) is 0. The summed E-state index contributed by atoms with van der Waals surface area (Å²) in [5.74, 6) is 0.508. The van der Waals surface area contributed by atoms with E-state index in [9.17, 15) is 4.79 Å². The van der Waals surface area contributed by atoms with Gasteiger partial charge in [0.2, 0.25) is 11.9 Å². The lowest BCUT2D eigenvalue weighted by atomic mass is 10.2. The van der Waals surface area contributed by atoms with Gasteiger partial charge in [0.15, 0.2) is 0 Å². The Morgan fingerprint density at radius 1 is 0.964 bits per heavy atom. The van der Waals surface area contributed by atoms with Crippen LogP contribution >= 0.6 is 34.3 Å². The van der Waals surface area contributed by atoms with E-state index in [1.165, 1.54) is 4.68 Å². The predicted octanol–water partition coefficient (Wildman–Crippen LogP) is 4.97. The van der Waals surface area contributed by atoms with Crippen LogP contribution in [-0.4, -0.2) is 20.7 Å². The van der Waals surface area contributed by atoms with Crippen LogP contribution in [0.3, 0.4) is 0 Å². The molecule has 0 saturated heterocycles. The summed E-state index contributed by atoms with van der Waals surface area (Å²) in [6.07, 6.45) is 0. The van der Waals surface area contributed by atoms with Gasteiger partial charge in [-0.2, -0.15) is 9.67 Å². The number of nitrogens with zero attached hydrogens (tertiary/aromatic N) is 3. The molecule has 1 aromatic carbocycles. The molecule has 3 heterocycles. The van der Waals surface area contributed by atoms with Gasteiger partial charge in [-0.3, -0.25) is 4.79 Å². The number of thiophene rings is 2. The Morgan fingerprint density at radius 2 is 1.61 bits per heavy atom. The molecule has 0 fully saturated rings. The lowest BCUT2D eigenvalue weighted by molar-refractivity contribution is 0.0947. The number of aromatic nitrogens is 3. The summed E-state index contributed by atoms with van der Waals surface area (Å²) >= 11 is 9.21. The molecule has 0 amide bonds. The molecule has 6 nitrogen and oxygen atoms in total. The van der Waals surface area contributed by atoms with Crippen LogP contribution in [0.15, 0.2) is 59.3 Å². The first-order valence-corrected chi connectivity index (χ1v) is 10.6. The maximum atomic E-state index is 12.9. The van der Waals surface area contributed by atoms with Crippen LogP contribution in [0.5, 0.6) is 0 Å². The zero-order chi connectivity index (χ0) is 19.3. The summed E-state index contributed by atoms with van der Waals surface area (Å²) in [6, 6.07) is 14.7. The number of hydrogen-bond acceptors (Lipinski definition) is 7. The number of hydrogen-bond donors (Lipinski definition) is 2. The first-order valence-electron chi connectivity index (χ1n) is 8.49. The first-order chi connectivity index (χ1) is 13.7. The second-order valence-corrected chi connectivity index (χ2v) is 8.35. The molecule has 3 aromatic heterocycles. The summed E-state index contributed by atoms with van der Waals surface area (Å²) in [4.78, 5) is 19.7. The predicted molar refractivity (Wildman–Crippen MR) is 114 cm³/mol. The normalized spacial score (nSPS) is 10.8. The molecule has 0 radical (unpaired) electrons. The monoisotopic (exact) mass is 429 g/mol. The molecule has 9 heteroatoms. The fourth-order valence-electron chi connectivity index (χ4n) is 2.52. The van der Waals surface area contributed by atoms with Gasteiger partial charge in [-0.1, -0.05) is 23.7 Å². The largest absolute Gasteiger partial charge is 0.349 e. The van der Waals surface area contributed by atoms with Gasteiger partial charge in [0.05, 0.1) is 13.1 Å². The Morgan fingerprint density at radius 3 is 2.21 bits per heavy atom. The maximum absolute atomic E-state index is 12.9. The van der Waals surface area contributed by atoms with E-state index in [0.29, 0.717) is 35.6 Å². The van der Waals surface area contributed by atoms with Crippen molar-refractivity contribution < 1.29 is 4.79 Å². The van der Waals surface area contributed by atoms with E-state index in [1.807, 2.05) is 35.0 Å². The summed E-state index contributed by atoms with van der Waals surface area (Å²) in [6.45, 7) is 1.16. The van der Waals surface area contributed by atoms with Crippen molar-refractivity contribution in [2.24, 2.45) is 0 Å². The molecule has 2 N–H and O–H groups in total. The van der Waals surface area contributed by atoms with Crippen molar-refractivity contribution in [3.63, 3.8) is 0 Å². The van der Waals surface area contributed by atoms with Crippen LogP contribution in [0.25, 0.3) is 0 Å². The van der Waals surface area contributed by atoms with Gasteiger partial charge in [0, 0.05) is 20.3 Å². The van der Waals surface area contributed by atoms with Crippen LogP contribution in [0, 0.1) is 0 Å². The highest BCUT2D eigenvalue weighted by Crippen LogP contribution is 2.18. The number of benzene rings is 1. The van der Waals surface area contributed by atoms with E-state index in [1.54, 1.807) is 46.9 Å². The SMILES string of the molecule is O=C(c1ccc(Cl)cc1)n1nc(NCc2cccs2)nc1NCc1cccs1. The van der Waals surface area contributed by atoms with Gasteiger partial charge in [-0.05, 0) is 47.2 Å². The Hall–Kier alpha value is -2.68. The molecule has 0 aliphatic carbocycles. The molecule has 0 spiro atoms. The minimum atomic E-state index is -0.276. The third-order valence-corrected chi connectivity index (χ3v) is 5.90. The minimum Gasteiger partial charge on any atom is -0.349 e. The smallest absolute Gasteiger partial charge is 0.281 e. The average molecular weight is 430 g/mol. The summed E-state index contributed by atoms with van der Waals surface area (Å²) in [5.41, 5.74) is 0.485. The van der Waals surface area contributed by atoms with Gasteiger partial charge in [0.25, 0.3) is 5.91 Å². The van der Waals surface area contributed by atoms with Crippen LogP contribution in [-0.2, 0) is 13.1 Å². The molecule has 0 atom stereocenters. The number of nitrogens with one attached hydrogen (secondary N) is 2. The second-order valence-electron chi connectivity index (χ2n) is 5.85. The molecule has 0 unspecified atom stereocenters. The van der Waals surface area contributed by atoms with Crippen molar-refractivity contribution in [3.8, 4) is 0 Å². The van der Waals surface area contributed by atoms with Gasteiger partial charge in [-0.15, -0.1) is 27.8 Å². The van der Waals surface area contributed by atoms with Gasteiger partial charge in [0.1, 0.15) is 0 Å². The lowest BCUT2D eigenvalue weighted by Gasteiger charge is -2.06. The molecule has 4 aromatic rings. The number of carbonyl (C=O) groups excluding carboxylic acids is 1. The van der Waals surface area contributed by atoms with Crippen molar-refractivity contribution in [2.45, 2.75) is 13.1 Å². The Labute approximate surface area is 174 Å². The molecule has 142 valence electrons. The van der Waals surface area contributed by atoms with Crippen molar-refractivity contribution in [1.29, 1.82) is 0 Å². The van der Waals surface area contributed by atoms with Crippen LogP contribution in [0.4, 0.5) is 11.9 Å². The standard InChI is InChI=1S/C19H16ClN5OS2/c20-14-7-5-13(6-8-14)17(26)25-19(22-12-16-4-2-10-28-16)23-18(24-25)21-11-15-3-1-9-27-15/h1-10H,11-12H2,(H2,21,22,23,24). The summed E-state index contributed by atoms with van der Waals surface area (Å²) in [5, 5.41) is 15.3. The average Bonchev–Trinajstić information content (AvgIpc) is 3.46. The summed E-state index contributed by atoms with van der Waals surface area (Å²) < 4.78 is 1.29. The second kappa shape index (κ2) is 8.55. The van der Waals surface area contributed by atoms with Crippen molar-refractivity contribution in [2.75, 3.05) is 10.6 Å². The molecule has 0 aliphatic rings. The van der Waals surface area contributed by atoms with Gasteiger partial charge < -0.3 is 10.6 Å². The highest BCUT2D eigenvalue weighted by Gasteiger charge is 2.18.